The molecule has 1 heterocycles. The third kappa shape index (κ3) is 5.35. The molecule has 0 spiro atoms. The number of piperazine rings is 1. The van der Waals surface area contributed by atoms with Gasteiger partial charge in [0, 0.05) is 37.2 Å². The van der Waals surface area contributed by atoms with Gasteiger partial charge >= 0.3 is 0 Å². The summed E-state index contributed by atoms with van der Waals surface area (Å²) >= 11 is 0. The van der Waals surface area contributed by atoms with Crippen molar-refractivity contribution in [3.8, 4) is 11.5 Å². The number of methoxy groups -OCH3 is 1. The minimum atomic E-state index is -0.0348. The smallest absolute Gasteiger partial charge is 0.223 e. The summed E-state index contributed by atoms with van der Waals surface area (Å²) < 4.78 is 11.2. The van der Waals surface area contributed by atoms with Gasteiger partial charge in [-0.2, -0.15) is 0 Å². The zero-order chi connectivity index (χ0) is 20.6. The van der Waals surface area contributed by atoms with Crippen LogP contribution in [0, 0.1) is 0 Å². The summed E-state index contributed by atoms with van der Waals surface area (Å²) in [5.74, 6) is 1.66. The van der Waals surface area contributed by atoms with E-state index in [0.717, 1.165) is 17.9 Å². The highest BCUT2D eigenvalue weighted by atomic mass is 16.5. The third-order valence-electron chi connectivity index (χ3n) is 5.13. The molecular formula is C23H28N2O4. The van der Waals surface area contributed by atoms with Gasteiger partial charge in [-0.25, -0.2) is 0 Å². The number of ketones is 1. The molecule has 2 aromatic rings. The lowest BCUT2D eigenvalue weighted by Gasteiger charge is -2.37. The van der Waals surface area contributed by atoms with E-state index >= 15 is 0 Å². The van der Waals surface area contributed by atoms with Gasteiger partial charge in [-0.1, -0.05) is 18.2 Å². The predicted octanol–water partition coefficient (Wildman–Crippen LogP) is 3.23. The molecule has 3 rings (SSSR count). The van der Waals surface area contributed by atoms with Crippen LogP contribution in [0.2, 0.25) is 0 Å². The number of para-hydroxylation sites is 1. The van der Waals surface area contributed by atoms with E-state index < -0.39 is 0 Å². The molecule has 1 aliphatic heterocycles. The molecule has 1 aliphatic rings. The summed E-state index contributed by atoms with van der Waals surface area (Å²) in [6.07, 6.45) is 1.06. The largest absolute Gasteiger partial charge is 0.496 e. The summed E-state index contributed by atoms with van der Waals surface area (Å²) in [5.41, 5.74) is 1.69. The van der Waals surface area contributed by atoms with E-state index in [9.17, 15) is 9.59 Å². The first kappa shape index (κ1) is 20.9. The number of ether oxygens (including phenoxy) is 2. The summed E-state index contributed by atoms with van der Waals surface area (Å²) in [6.45, 7) is 4.17. The summed E-state index contributed by atoms with van der Waals surface area (Å²) in [7, 11) is 1.65. The van der Waals surface area contributed by atoms with Crippen LogP contribution in [0.3, 0.4) is 0 Å². The number of nitrogens with zero attached hydrogens (tertiary/aromatic N) is 1. The maximum Gasteiger partial charge on any atom is 0.223 e. The van der Waals surface area contributed by atoms with Gasteiger partial charge in [0.15, 0.2) is 5.78 Å². The summed E-state index contributed by atoms with van der Waals surface area (Å²) in [6, 6.07) is 14.9. The molecule has 1 unspecified atom stereocenters. The van der Waals surface area contributed by atoms with Gasteiger partial charge in [-0.15, -0.1) is 0 Å². The number of Topliss-reactive ketones (excluding diaryl/α,β-unsaturated/α-hetero) is 1. The highest BCUT2D eigenvalue weighted by Crippen LogP contribution is 2.30. The van der Waals surface area contributed by atoms with E-state index in [2.05, 4.69) is 5.32 Å². The van der Waals surface area contributed by atoms with Crippen molar-refractivity contribution < 1.29 is 19.1 Å². The van der Waals surface area contributed by atoms with Crippen molar-refractivity contribution in [3.05, 3.63) is 59.7 Å². The molecule has 0 radical (unpaired) electrons. The molecule has 0 aliphatic carbocycles. The molecule has 2 aromatic carbocycles. The number of benzene rings is 2. The zero-order valence-electron chi connectivity index (χ0n) is 17.0. The van der Waals surface area contributed by atoms with Gasteiger partial charge in [-0.3, -0.25) is 9.59 Å². The fourth-order valence-corrected chi connectivity index (χ4v) is 3.57. The fraction of sp³-hybridized carbons (Fsp3) is 0.391. The van der Waals surface area contributed by atoms with Crippen LogP contribution < -0.4 is 14.8 Å². The molecule has 29 heavy (non-hydrogen) atoms. The lowest BCUT2D eigenvalue weighted by Crippen LogP contribution is -2.48. The van der Waals surface area contributed by atoms with Crippen molar-refractivity contribution in [1.29, 1.82) is 0 Å². The highest BCUT2D eigenvalue weighted by molar-refractivity contribution is 5.94. The molecule has 1 amide bonds. The number of hydrogen-bond donors (Lipinski definition) is 1. The Balaban J connectivity index is 1.54. The maximum absolute atomic E-state index is 12.9. The number of hydrogen-bond acceptors (Lipinski definition) is 5. The molecule has 0 aromatic heterocycles. The molecule has 1 saturated heterocycles. The van der Waals surface area contributed by atoms with Crippen LogP contribution >= 0.6 is 0 Å². The van der Waals surface area contributed by atoms with Crippen molar-refractivity contribution in [2.75, 3.05) is 33.4 Å². The first-order valence-corrected chi connectivity index (χ1v) is 9.97. The Labute approximate surface area is 171 Å². The Hall–Kier alpha value is -2.86. The monoisotopic (exact) mass is 396 g/mol. The van der Waals surface area contributed by atoms with Crippen molar-refractivity contribution in [1.82, 2.24) is 10.2 Å². The molecular weight excluding hydrogens is 368 g/mol. The van der Waals surface area contributed by atoms with Crippen molar-refractivity contribution in [3.63, 3.8) is 0 Å². The zero-order valence-corrected chi connectivity index (χ0v) is 17.0. The van der Waals surface area contributed by atoms with Crippen LogP contribution in [-0.4, -0.2) is 49.9 Å². The number of nitrogens with one attached hydrogen (secondary N) is 1. The van der Waals surface area contributed by atoms with Crippen LogP contribution in [0.4, 0.5) is 0 Å². The second kappa shape index (κ2) is 10.1. The van der Waals surface area contributed by atoms with Crippen molar-refractivity contribution in [2.45, 2.75) is 25.8 Å². The van der Waals surface area contributed by atoms with E-state index in [1.807, 2.05) is 29.2 Å². The molecule has 154 valence electrons. The first-order valence-electron chi connectivity index (χ1n) is 9.97. The third-order valence-corrected chi connectivity index (χ3v) is 5.13. The molecule has 0 bridgehead atoms. The van der Waals surface area contributed by atoms with Crippen LogP contribution in [-0.2, 0) is 4.79 Å². The van der Waals surface area contributed by atoms with Crippen LogP contribution in [0.5, 0.6) is 11.5 Å². The molecule has 0 saturated carbocycles. The van der Waals surface area contributed by atoms with Crippen LogP contribution in [0.25, 0.3) is 0 Å². The number of carbonyl (C=O) groups excluding carboxylic acids is 2. The molecule has 1 fully saturated rings. The number of amides is 1. The number of carbonyl (C=O) groups is 2. The van der Waals surface area contributed by atoms with E-state index in [1.54, 1.807) is 31.4 Å². The Morgan fingerprint density at radius 1 is 1.14 bits per heavy atom. The fourth-order valence-electron chi connectivity index (χ4n) is 3.57. The quantitative estimate of drug-likeness (QED) is 0.548. The highest BCUT2D eigenvalue weighted by Gasteiger charge is 2.29. The maximum atomic E-state index is 12.9. The number of rotatable bonds is 8. The van der Waals surface area contributed by atoms with Crippen LogP contribution in [0.15, 0.2) is 48.5 Å². The topological polar surface area (TPSA) is 67.9 Å². The lowest BCUT2D eigenvalue weighted by molar-refractivity contribution is -0.134. The second-order valence-electron chi connectivity index (χ2n) is 7.08. The Bertz CT molecular complexity index is 835. The minimum absolute atomic E-state index is 0.0303. The van der Waals surface area contributed by atoms with Crippen molar-refractivity contribution in [2.24, 2.45) is 0 Å². The van der Waals surface area contributed by atoms with Gasteiger partial charge in [0.05, 0.1) is 19.8 Å². The van der Waals surface area contributed by atoms with Crippen molar-refractivity contribution >= 4 is 11.7 Å². The molecule has 6 heteroatoms. The van der Waals surface area contributed by atoms with Gasteiger partial charge in [0.2, 0.25) is 5.91 Å². The lowest BCUT2D eigenvalue weighted by atomic mass is 10.0. The Morgan fingerprint density at radius 2 is 1.90 bits per heavy atom. The second-order valence-corrected chi connectivity index (χ2v) is 7.08. The Morgan fingerprint density at radius 3 is 2.62 bits per heavy atom. The van der Waals surface area contributed by atoms with E-state index in [-0.39, 0.29) is 17.7 Å². The average Bonchev–Trinajstić information content (AvgIpc) is 2.76. The van der Waals surface area contributed by atoms with Gasteiger partial charge in [0.1, 0.15) is 11.5 Å². The van der Waals surface area contributed by atoms with E-state index in [0.29, 0.717) is 43.9 Å². The van der Waals surface area contributed by atoms with Crippen LogP contribution in [0.1, 0.15) is 41.7 Å². The predicted molar refractivity (Wildman–Crippen MR) is 111 cm³/mol. The average molecular weight is 396 g/mol. The SMILES string of the molecule is COc1ccccc1C1CNCCN1C(=O)CCCOc1ccc(C(C)=O)cc1. The Kier molecular flexibility index (Phi) is 7.25. The van der Waals surface area contributed by atoms with E-state index in [4.69, 9.17) is 9.47 Å². The molecule has 1 atom stereocenters. The van der Waals surface area contributed by atoms with Gasteiger partial charge < -0.3 is 19.7 Å². The van der Waals surface area contributed by atoms with Gasteiger partial charge in [-0.05, 0) is 43.7 Å². The normalized spacial score (nSPS) is 16.3. The molecule has 6 nitrogen and oxygen atoms in total. The standard InChI is InChI=1S/C23H28N2O4/c1-17(26)18-9-11-19(12-10-18)29-15-5-8-23(27)25-14-13-24-16-21(25)20-6-3-4-7-22(20)28-2/h3-4,6-7,9-12,21,24H,5,8,13-16H2,1-2H3. The van der Waals surface area contributed by atoms with Gasteiger partial charge in [0.25, 0.3) is 0 Å². The summed E-state index contributed by atoms with van der Waals surface area (Å²) in [4.78, 5) is 26.1. The van der Waals surface area contributed by atoms with E-state index in [1.165, 1.54) is 6.92 Å². The minimum Gasteiger partial charge on any atom is -0.496 e. The molecule has 1 N–H and O–H groups in total. The first-order chi connectivity index (χ1) is 14.1. The summed E-state index contributed by atoms with van der Waals surface area (Å²) in [5, 5.41) is 3.37.